The molecule has 0 aliphatic heterocycles. The number of hydrogen-bond donors (Lipinski definition) is 1. The standard InChI is InChI=1S/C18H17ClFNOS/c19-14-5-1-12(2-6-14)11-23-17(18(22)21-16-9-10-16)13-3-7-15(20)8-4-13/h1-8,16-17H,9-11H2,(H,21,22)/t17-/m0/s1. The van der Waals surface area contributed by atoms with Crippen molar-refractivity contribution in [3.05, 3.63) is 70.5 Å². The predicted molar refractivity (Wildman–Crippen MR) is 93.1 cm³/mol. The van der Waals surface area contributed by atoms with Crippen LogP contribution in [0.5, 0.6) is 0 Å². The summed E-state index contributed by atoms with van der Waals surface area (Å²) >= 11 is 7.43. The Labute approximate surface area is 144 Å². The number of rotatable bonds is 6. The van der Waals surface area contributed by atoms with Crippen LogP contribution < -0.4 is 5.32 Å². The van der Waals surface area contributed by atoms with Crippen LogP contribution in [0.4, 0.5) is 4.39 Å². The minimum absolute atomic E-state index is 0.00179. The van der Waals surface area contributed by atoms with Crippen molar-refractivity contribution in [3.8, 4) is 0 Å². The molecule has 5 heteroatoms. The Morgan fingerprint density at radius 1 is 1.17 bits per heavy atom. The summed E-state index contributed by atoms with van der Waals surface area (Å²) < 4.78 is 13.1. The van der Waals surface area contributed by atoms with Gasteiger partial charge in [-0.1, -0.05) is 35.9 Å². The minimum Gasteiger partial charge on any atom is -0.352 e. The van der Waals surface area contributed by atoms with Gasteiger partial charge in [-0.2, -0.15) is 0 Å². The van der Waals surface area contributed by atoms with Crippen molar-refractivity contribution in [3.63, 3.8) is 0 Å². The SMILES string of the molecule is O=C(NC1CC1)[C@@H](SCc1ccc(Cl)cc1)c1ccc(F)cc1. The Kier molecular flexibility index (Phi) is 5.23. The van der Waals surface area contributed by atoms with Gasteiger partial charge in [-0.3, -0.25) is 4.79 Å². The summed E-state index contributed by atoms with van der Waals surface area (Å²) in [5.74, 6) is 0.396. The van der Waals surface area contributed by atoms with Gasteiger partial charge in [0.1, 0.15) is 11.1 Å². The highest BCUT2D eigenvalue weighted by Gasteiger charge is 2.28. The van der Waals surface area contributed by atoms with Crippen molar-refractivity contribution in [2.75, 3.05) is 0 Å². The third kappa shape index (κ3) is 4.72. The van der Waals surface area contributed by atoms with Crippen LogP contribution in [0.15, 0.2) is 48.5 Å². The quantitative estimate of drug-likeness (QED) is 0.816. The van der Waals surface area contributed by atoms with E-state index in [-0.39, 0.29) is 17.0 Å². The fourth-order valence-corrected chi connectivity index (χ4v) is 3.47. The Balaban J connectivity index is 1.72. The predicted octanol–water partition coefficient (Wildman–Crippen LogP) is 4.73. The monoisotopic (exact) mass is 349 g/mol. The van der Waals surface area contributed by atoms with Gasteiger partial charge in [-0.25, -0.2) is 4.39 Å². The number of hydrogen-bond acceptors (Lipinski definition) is 2. The first-order chi connectivity index (χ1) is 11.1. The van der Waals surface area contributed by atoms with Crippen molar-refractivity contribution in [1.82, 2.24) is 5.32 Å². The van der Waals surface area contributed by atoms with Crippen LogP contribution in [0.2, 0.25) is 5.02 Å². The van der Waals surface area contributed by atoms with Crippen LogP contribution in [0.1, 0.15) is 29.2 Å². The molecule has 1 aliphatic carbocycles. The lowest BCUT2D eigenvalue weighted by molar-refractivity contribution is -0.120. The molecule has 1 atom stereocenters. The molecule has 1 aliphatic rings. The molecule has 23 heavy (non-hydrogen) atoms. The molecule has 1 N–H and O–H groups in total. The third-order valence-corrected chi connectivity index (χ3v) is 5.24. The number of carbonyl (C=O) groups is 1. The number of amides is 1. The second-order valence-corrected chi connectivity index (χ2v) is 7.18. The van der Waals surface area contributed by atoms with E-state index in [0.717, 1.165) is 24.0 Å². The highest BCUT2D eigenvalue weighted by atomic mass is 35.5. The van der Waals surface area contributed by atoms with E-state index in [4.69, 9.17) is 11.6 Å². The molecular formula is C18H17ClFNOS. The Morgan fingerprint density at radius 3 is 2.43 bits per heavy atom. The molecule has 2 aromatic rings. The van der Waals surface area contributed by atoms with E-state index < -0.39 is 0 Å². The highest BCUT2D eigenvalue weighted by Crippen LogP contribution is 2.33. The van der Waals surface area contributed by atoms with Gasteiger partial charge in [-0.15, -0.1) is 11.8 Å². The molecule has 120 valence electrons. The van der Waals surface area contributed by atoms with E-state index in [0.29, 0.717) is 16.8 Å². The molecule has 0 bridgehead atoms. The van der Waals surface area contributed by atoms with Gasteiger partial charge in [0.15, 0.2) is 0 Å². The fourth-order valence-electron chi connectivity index (χ4n) is 2.23. The summed E-state index contributed by atoms with van der Waals surface area (Å²) in [7, 11) is 0. The Morgan fingerprint density at radius 2 is 1.83 bits per heavy atom. The minimum atomic E-state index is -0.341. The fraction of sp³-hybridized carbons (Fsp3) is 0.278. The van der Waals surface area contributed by atoms with Gasteiger partial charge in [-0.05, 0) is 48.2 Å². The number of nitrogens with one attached hydrogen (secondary N) is 1. The van der Waals surface area contributed by atoms with Crippen molar-refractivity contribution in [1.29, 1.82) is 0 Å². The number of thioether (sulfide) groups is 1. The maximum absolute atomic E-state index is 13.1. The van der Waals surface area contributed by atoms with Crippen LogP contribution in [-0.2, 0) is 10.5 Å². The van der Waals surface area contributed by atoms with E-state index in [1.54, 1.807) is 12.1 Å². The lowest BCUT2D eigenvalue weighted by Crippen LogP contribution is -2.29. The Hall–Kier alpha value is -1.52. The number of benzene rings is 2. The first-order valence-electron chi connectivity index (χ1n) is 7.54. The zero-order valence-electron chi connectivity index (χ0n) is 12.5. The van der Waals surface area contributed by atoms with E-state index in [2.05, 4.69) is 5.32 Å². The van der Waals surface area contributed by atoms with Crippen LogP contribution in [-0.4, -0.2) is 11.9 Å². The lowest BCUT2D eigenvalue weighted by atomic mass is 10.1. The summed E-state index contributed by atoms with van der Waals surface area (Å²) in [4.78, 5) is 12.5. The van der Waals surface area contributed by atoms with E-state index in [1.165, 1.54) is 23.9 Å². The molecule has 1 amide bonds. The average Bonchev–Trinajstić information content (AvgIpc) is 3.35. The van der Waals surface area contributed by atoms with Crippen LogP contribution >= 0.6 is 23.4 Å². The van der Waals surface area contributed by atoms with Crippen LogP contribution in [0, 0.1) is 5.82 Å². The van der Waals surface area contributed by atoms with E-state index in [1.807, 2.05) is 24.3 Å². The largest absolute Gasteiger partial charge is 0.352 e. The van der Waals surface area contributed by atoms with Crippen molar-refractivity contribution in [2.24, 2.45) is 0 Å². The van der Waals surface area contributed by atoms with Crippen LogP contribution in [0.3, 0.4) is 0 Å². The highest BCUT2D eigenvalue weighted by molar-refractivity contribution is 7.99. The zero-order valence-corrected chi connectivity index (χ0v) is 14.0. The number of carbonyl (C=O) groups excluding carboxylic acids is 1. The van der Waals surface area contributed by atoms with E-state index in [9.17, 15) is 9.18 Å². The topological polar surface area (TPSA) is 29.1 Å². The average molecular weight is 350 g/mol. The molecule has 0 radical (unpaired) electrons. The number of halogens is 2. The molecule has 1 saturated carbocycles. The van der Waals surface area contributed by atoms with Gasteiger partial charge in [0, 0.05) is 16.8 Å². The molecule has 0 saturated heterocycles. The third-order valence-electron chi connectivity index (χ3n) is 3.66. The van der Waals surface area contributed by atoms with Gasteiger partial charge in [0.25, 0.3) is 0 Å². The summed E-state index contributed by atoms with van der Waals surface area (Å²) in [5.41, 5.74) is 1.93. The van der Waals surface area contributed by atoms with Gasteiger partial charge in [0.2, 0.25) is 5.91 Å². The molecule has 0 aromatic heterocycles. The summed E-state index contributed by atoms with van der Waals surface area (Å²) in [5, 5.41) is 3.39. The molecular weight excluding hydrogens is 333 g/mol. The maximum Gasteiger partial charge on any atom is 0.237 e. The molecule has 3 rings (SSSR count). The van der Waals surface area contributed by atoms with Crippen LogP contribution in [0.25, 0.3) is 0 Å². The summed E-state index contributed by atoms with van der Waals surface area (Å²) in [6.07, 6.45) is 2.09. The molecule has 0 heterocycles. The zero-order chi connectivity index (χ0) is 16.2. The summed E-state index contributed by atoms with van der Waals surface area (Å²) in [6, 6.07) is 14.1. The summed E-state index contributed by atoms with van der Waals surface area (Å²) in [6.45, 7) is 0. The maximum atomic E-state index is 13.1. The molecule has 0 unspecified atom stereocenters. The van der Waals surface area contributed by atoms with Crippen molar-refractivity contribution >= 4 is 29.3 Å². The molecule has 1 fully saturated rings. The first kappa shape index (κ1) is 16.3. The molecule has 2 aromatic carbocycles. The molecule has 2 nitrogen and oxygen atoms in total. The van der Waals surface area contributed by atoms with Crippen molar-refractivity contribution < 1.29 is 9.18 Å². The smallest absolute Gasteiger partial charge is 0.237 e. The lowest BCUT2D eigenvalue weighted by Gasteiger charge is -2.17. The van der Waals surface area contributed by atoms with Gasteiger partial charge >= 0.3 is 0 Å². The van der Waals surface area contributed by atoms with Gasteiger partial charge < -0.3 is 5.32 Å². The first-order valence-corrected chi connectivity index (χ1v) is 8.96. The second-order valence-electron chi connectivity index (χ2n) is 5.65. The molecule has 0 spiro atoms. The van der Waals surface area contributed by atoms with Gasteiger partial charge in [0.05, 0.1) is 0 Å². The second kappa shape index (κ2) is 7.37. The normalized spacial score (nSPS) is 15.2. The van der Waals surface area contributed by atoms with Crippen molar-refractivity contribution in [2.45, 2.75) is 29.9 Å². The Bertz CT molecular complexity index is 670. The van der Waals surface area contributed by atoms with E-state index >= 15 is 0 Å².